The normalized spacial score (nSPS) is 22.2. The van der Waals surface area contributed by atoms with Gasteiger partial charge in [0.05, 0.1) is 25.9 Å². The van der Waals surface area contributed by atoms with Gasteiger partial charge in [0.1, 0.15) is 0 Å². The Morgan fingerprint density at radius 1 is 1.29 bits per heavy atom. The van der Waals surface area contributed by atoms with Gasteiger partial charge < -0.3 is 19.3 Å². The van der Waals surface area contributed by atoms with Crippen molar-refractivity contribution in [2.24, 2.45) is 5.92 Å². The lowest BCUT2D eigenvalue weighted by Gasteiger charge is -2.26. The minimum Gasteiger partial charge on any atom is -0.391 e. The summed E-state index contributed by atoms with van der Waals surface area (Å²) < 4.78 is 15.4. The summed E-state index contributed by atoms with van der Waals surface area (Å²) in [7, 11) is 3.38. The number of hydrogen-bond donors (Lipinski definition) is 1. The summed E-state index contributed by atoms with van der Waals surface area (Å²) in [6.45, 7) is 5.13. The lowest BCUT2D eigenvalue weighted by atomic mass is 10.0. The standard InChI is InChI=1S/C12H25NO4/c1-15-7-4-13(5-8-16-2)9-12(14)11-3-6-17-10-11/h11-12,14H,3-10H2,1-2H3. The molecule has 1 aliphatic heterocycles. The van der Waals surface area contributed by atoms with E-state index in [1.54, 1.807) is 14.2 Å². The lowest BCUT2D eigenvalue weighted by Crippen LogP contribution is -2.40. The highest BCUT2D eigenvalue weighted by atomic mass is 16.5. The largest absolute Gasteiger partial charge is 0.391 e. The topological polar surface area (TPSA) is 51.2 Å². The van der Waals surface area contributed by atoms with Gasteiger partial charge in [-0.3, -0.25) is 4.90 Å². The predicted molar refractivity (Wildman–Crippen MR) is 65.1 cm³/mol. The third kappa shape index (κ3) is 5.79. The highest BCUT2D eigenvalue weighted by molar-refractivity contribution is 4.76. The Hall–Kier alpha value is -0.200. The van der Waals surface area contributed by atoms with Crippen LogP contribution in [-0.4, -0.2) is 76.4 Å². The van der Waals surface area contributed by atoms with Crippen LogP contribution in [0.2, 0.25) is 0 Å². The second kappa shape index (κ2) is 8.83. The maximum atomic E-state index is 10.1. The first kappa shape index (κ1) is 14.9. The van der Waals surface area contributed by atoms with Gasteiger partial charge in [-0.25, -0.2) is 0 Å². The van der Waals surface area contributed by atoms with Crippen LogP contribution >= 0.6 is 0 Å². The van der Waals surface area contributed by atoms with Crippen molar-refractivity contribution in [1.29, 1.82) is 0 Å². The summed E-state index contributed by atoms with van der Waals surface area (Å²) in [5, 5.41) is 10.1. The zero-order valence-electron chi connectivity index (χ0n) is 10.9. The van der Waals surface area contributed by atoms with Crippen LogP contribution in [0.3, 0.4) is 0 Å². The summed E-state index contributed by atoms with van der Waals surface area (Å²) in [6.07, 6.45) is 0.648. The molecular formula is C12H25NO4. The average Bonchev–Trinajstić information content (AvgIpc) is 2.86. The Labute approximate surface area is 104 Å². The van der Waals surface area contributed by atoms with Gasteiger partial charge in [0, 0.05) is 46.4 Å². The predicted octanol–water partition coefficient (Wildman–Crippen LogP) is -0.0214. The van der Waals surface area contributed by atoms with Crippen molar-refractivity contribution >= 4 is 0 Å². The van der Waals surface area contributed by atoms with Gasteiger partial charge in [-0.1, -0.05) is 0 Å². The summed E-state index contributed by atoms with van der Waals surface area (Å²) in [5.41, 5.74) is 0. The number of hydrogen-bond acceptors (Lipinski definition) is 5. The van der Waals surface area contributed by atoms with Gasteiger partial charge in [-0.2, -0.15) is 0 Å². The van der Waals surface area contributed by atoms with Crippen molar-refractivity contribution in [1.82, 2.24) is 4.90 Å². The minimum atomic E-state index is -0.314. The molecule has 5 nitrogen and oxygen atoms in total. The quantitative estimate of drug-likeness (QED) is 0.620. The van der Waals surface area contributed by atoms with Crippen molar-refractivity contribution in [2.75, 3.05) is 60.3 Å². The van der Waals surface area contributed by atoms with Crippen LogP contribution in [0.15, 0.2) is 0 Å². The molecule has 0 spiro atoms. The maximum absolute atomic E-state index is 10.1. The molecule has 2 atom stereocenters. The monoisotopic (exact) mass is 247 g/mol. The fourth-order valence-electron chi connectivity index (χ4n) is 2.00. The zero-order chi connectivity index (χ0) is 12.5. The molecule has 1 rings (SSSR count). The molecule has 0 bridgehead atoms. The molecule has 1 saturated heterocycles. The second-order valence-electron chi connectivity index (χ2n) is 4.48. The van der Waals surface area contributed by atoms with Crippen molar-refractivity contribution in [3.8, 4) is 0 Å². The van der Waals surface area contributed by atoms with Gasteiger partial charge in [0.25, 0.3) is 0 Å². The summed E-state index contributed by atoms with van der Waals surface area (Å²) >= 11 is 0. The molecule has 0 saturated carbocycles. The van der Waals surface area contributed by atoms with E-state index >= 15 is 0 Å². The van der Waals surface area contributed by atoms with Gasteiger partial charge >= 0.3 is 0 Å². The minimum absolute atomic E-state index is 0.280. The molecule has 1 aliphatic rings. The van der Waals surface area contributed by atoms with Crippen molar-refractivity contribution in [3.05, 3.63) is 0 Å². The molecule has 1 N–H and O–H groups in total. The fourth-order valence-corrected chi connectivity index (χ4v) is 2.00. The Morgan fingerprint density at radius 3 is 2.41 bits per heavy atom. The highest BCUT2D eigenvalue weighted by Crippen LogP contribution is 2.17. The molecule has 0 aromatic heterocycles. The average molecular weight is 247 g/mol. The number of methoxy groups -OCH3 is 2. The van der Waals surface area contributed by atoms with Gasteiger partial charge in [0.2, 0.25) is 0 Å². The van der Waals surface area contributed by atoms with Crippen molar-refractivity contribution in [3.63, 3.8) is 0 Å². The molecule has 0 aromatic rings. The van der Waals surface area contributed by atoms with Crippen LogP contribution in [0, 0.1) is 5.92 Å². The van der Waals surface area contributed by atoms with E-state index in [0.29, 0.717) is 26.4 Å². The smallest absolute Gasteiger partial charge is 0.0718 e. The summed E-state index contributed by atoms with van der Waals surface area (Å²) in [4.78, 5) is 2.18. The van der Waals surface area contributed by atoms with E-state index < -0.39 is 0 Å². The molecule has 1 heterocycles. The first-order valence-electron chi connectivity index (χ1n) is 6.24. The third-order valence-corrected chi connectivity index (χ3v) is 3.18. The Balaban J connectivity index is 2.28. The van der Waals surface area contributed by atoms with E-state index in [1.807, 2.05) is 0 Å². The molecule has 102 valence electrons. The van der Waals surface area contributed by atoms with Gasteiger partial charge in [0.15, 0.2) is 0 Å². The molecule has 0 radical (unpaired) electrons. The SMILES string of the molecule is COCCN(CCOC)CC(O)C1CCOC1. The van der Waals surface area contributed by atoms with Crippen molar-refractivity contribution < 1.29 is 19.3 Å². The first-order chi connectivity index (χ1) is 8.27. The Bertz CT molecular complexity index is 177. The molecule has 2 unspecified atom stereocenters. The number of rotatable bonds is 9. The third-order valence-electron chi connectivity index (χ3n) is 3.18. The second-order valence-corrected chi connectivity index (χ2v) is 4.48. The molecule has 0 aromatic carbocycles. The van der Waals surface area contributed by atoms with E-state index in [9.17, 15) is 5.11 Å². The lowest BCUT2D eigenvalue weighted by molar-refractivity contribution is 0.0369. The molecular weight excluding hydrogens is 222 g/mol. The van der Waals surface area contributed by atoms with Crippen LogP contribution in [0.4, 0.5) is 0 Å². The van der Waals surface area contributed by atoms with Crippen LogP contribution in [0.5, 0.6) is 0 Å². The highest BCUT2D eigenvalue weighted by Gasteiger charge is 2.25. The number of aliphatic hydroxyl groups is 1. The van der Waals surface area contributed by atoms with E-state index in [0.717, 1.165) is 26.1 Å². The first-order valence-corrected chi connectivity index (χ1v) is 6.24. The van der Waals surface area contributed by atoms with Crippen LogP contribution in [0.25, 0.3) is 0 Å². The maximum Gasteiger partial charge on any atom is 0.0718 e. The Kier molecular flexibility index (Phi) is 7.72. The van der Waals surface area contributed by atoms with E-state index in [2.05, 4.69) is 4.90 Å². The number of nitrogens with zero attached hydrogens (tertiary/aromatic N) is 1. The zero-order valence-corrected chi connectivity index (χ0v) is 10.9. The van der Waals surface area contributed by atoms with E-state index in [1.165, 1.54) is 0 Å². The van der Waals surface area contributed by atoms with Crippen LogP contribution in [0.1, 0.15) is 6.42 Å². The fraction of sp³-hybridized carbons (Fsp3) is 1.00. The molecule has 5 heteroatoms. The number of ether oxygens (including phenoxy) is 3. The summed E-state index contributed by atoms with van der Waals surface area (Å²) in [6, 6.07) is 0. The van der Waals surface area contributed by atoms with Crippen molar-refractivity contribution in [2.45, 2.75) is 12.5 Å². The molecule has 0 aliphatic carbocycles. The van der Waals surface area contributed by atoms with Crippen LogP contribution < -0.4 is 0 Å². The van der Waals surface area contributed by atoms with E-state index in [-0.39, 0.29) is 12.0 Å². The number of aliphatic hydroxyl groups excluding tert-OH is 1. The van der Waals surface area contributed by atoms with Gasteiger partial charge in [-0.05, 0) is 6.42 Å². The molecule has 17 heavy (non-hydrogen) atoms. The molecule has 1 fully saturated rings. The molecule has 0 amide bonds. The van der Waals surface area contributed by atoms with Gasteiger partial charge in [-0.15, -0.1) is 0 Å². The van der Waals surface area contributed by atoms with E-state index in [4.69, 9.17) is 14.2 Å². The Morgan fingerprint density at radius 2 is 1.94 bits per heavy atom. The summed E-state index contributed by atoms with van der Waals surface area (Å²) in [5.74, 6) is 0.280. The van der Waals surface area contributed by atoms with Crippen LogP contribution in [-0.2, 0) is 14.2 Å².